The Hall–Kier alpha value is -2.34. The van der Waals surface area contributed by atoms with Crippen LogP contribution in [0.1, 0.15) is 11.3 Å². The molecule has 0 amide bonds. The van der Waals surface area contributed by atoms with E-state index in [1.165, 1.54) is 0 Å². The summed E-state index contributed by atoms with van der Waals surface area (Å²) in [6, 6.07) is 15.7. The minimum Gasteiger partial charge on any atom is -0.487 e. The van der Waals surface area contributed by atoms with E-state index in [9.17, 15) is 0 Å². The van der Waals surface area contributed by atoms with Crippen molar-refractivity contribution in [2.24, 2.45) is 0 Å². The van der Waals surface area contributed by atoms with E-state index in [4.69, 9.17) is 10.00 Å². The summed E-state index contributed by atoms with van der Waals surface area (Å²) in [5, 5.41) is 8.52. The quantitative estimate of drug-likeness (QED) is 0.802. The third kappa shape index (κ3) is 3.32. The average Bonchev–Trinajstić information content (AvgIpc) is 2.40. The first-order valence-electron chi connectivity index (χ1n) is 5.37. The van der Waals surface area contributed by atoms with E-state index in [0.29, 0.717) is 13.0 Å². The molecule has 0 aliphatic heterocycles. The summed E-state index contributed by atoms with van der Waals surface area (Å²) < 4.78 is 5.58. The van der Waals surface area contributed by atoms with E-state index in [0.717, 1.165) is 17.0 Å². The van der Waals surface area contributed by atoms with E-state index < -0.39 is 0 Å². The van der Waals surface area contributed by atoms with Gasteiger partial charge in [-0.05, 0) is 17.7 Å². The monoisotopic (exact) mass is 224 g/mol. The van der Waals surface area contributed by atoms with Crippen LogP contribution >= 0.6 is 0 Å². The molecule has 0 N–H and O–H groups in total. The zero-order chi connectivity index (χ0) is 11.9. The molecule has 3 nitrogen and oxygen atoms in total. The second-order valence-corrected chi connectivity index (χ2v) is 3.59. The predicted molar refractivity (Wildman–Crippen MR) is 64.3 cm³/mol. The topological polar surface area (TPSA) is 45.9 Å². The lowest BCUT2D eigenvalue weighted by atomic mass is 10.2. The summed E-state index contributed by atoms with van der Waals surface area (Å²) in [5.74, 6) is 0.718. The van der Waals surface area contributed by atoms with Crippen molar-refractivity contribution >= 4 is 0 Å². The summed E-state index contributed by atoms with van der Waals surface area (Å²) in [6.45, 7) is 0.528. The van der Waals surface area contributed by atoms with Gasteiger partial charge in [0.15, 0.2) is 0 Å². The van der Waals surface area contributed by atoms with Gasteiger partial charge in [-0.3, -0.25) is 4.98 Å². The maximum absolute atomic E-state index is 8.52. The number of nitrogens with zero attached hydrogens (tertiary/aromatic N) is 2. The number of pyridine rings is 1. The van der Waals surface area contributed by atoms with Gasteiger partial charge in [0.1, 0.15) is 12.4 Å². The first kappa shape index (κ1) is 11.2. The van der Waals surface area contributed by atoms with Crippen LogP contribution in [0.2, 0.25) is 0 Å². The Morgan fingerprint density at radius 1 is 1.12 bits per heavy atom. The third-order valence-electron chi connectivity index (χ3n) is 2.31. The molecule has 0 radical (unpaired) electrons. The van der Waals surface area contributed by atoms with Crippen LogP contribution in [0.15, 0.2) is 48.7 Å². The first-order chi connectivity index (χ1) is 8.38. The van der Waals surface area contributed by atoms with Crippen LogP contribution < -0.4 is 4.74 Å². The van der Waals surface area contributed by atoms with E-state index in [1.807, 2.05) is 42.5 Å². The Labute approximate surface area is 100 Å². The summed E-state index contributed by atoms with van der Waals surface area (Å²) >= 11 is 0. The van der Waals surface area contributed by atoms with E-state index in [-0.39, 0.29) is 0 Å². The molecule has 0 saturated carbocycles. The molecule has 0 aliphatic rings. The number of rotatable bonds is 4. The molecule has 3 heteroatoms. The van der Waals surface area contributed by atoms with Gasteiger partial charge in [0.05, 0.1) is 24.4 Å². The molecular weight excluding hydrogens is 212 g/mol. The van der Waals surface area contributed by atoms with Crippen molar-refractivity contribution in [2.45, 2.75) is 13.0 Å². The van der Waals surface area contributed by atoms with Gasteiger partial charge in [0.2, 0.25) is 0 Å². The van der Waals surface area contributed by atoms with Crippen LogP contribution in [0, 0.1) is 11.3 Å². The molecule has 1 heterocycles. The average molecular weight is 224 g/mol. The van der Waals surface area contributed by atoms with Crippen LogP contribution in [0.4, 0.5) is 0 Å². The van der Waals surface area contributed by atoms with Crippen molar-refractivity contribution in [1.82, 2.24) is 4.98 Å². The molecule has 84 valence electrons. The van der Waals surface area contributed by atoms with Crippen molar-refractivity contribution in [2.75, 3.05) is 0 Å². The number of ether oxygens (including phenoxy) is 1. The molecule has 1 aromatic carbocycles. The smallest absolute Gasteiger partial charge is 0.138 e. The maximum Gasteiger partial charge on any atom is 0.138 e. The lowest BCUT2D eigenvalue weighted by Crippen LogP contribution is -1.96. The van der Waals surface area contributed by atoms with Gasteiger partial charge in [-0.25, -0.2) is 0 Å². The Bertz CT molecular complexity index is 500. The van der Waals surface area contributed by atoms with Gasteiger partial charge in [0, 0.05) is 0 Å². The van der Waals surface area contributed by atoms with E-state index in [1.54, 1.807) is 6.20 Å². The fourth-order valence-electron chi connectivity index (χ4n) is 1.42. The molecular formula is C14H12N2O. The highest BCUT2D eigenvalue weighted by atomic mass is 16.5. The molecule has 1 aromatic heterocycles. The lowest BCUT2D eigenvalue weighted by Gasteiger charge is -2.05. The summed E-state index contributed by atoms with van der Waals surface area (Å²) in [6.07, 6.45) is 1.98. The Morgan fingerprint density at radius 2 is 1.94 bits per heavy atom. The third-order valence-corrected chi connectivity index (χ3v) is 2.31. The van der Waals surface area contributed by atoms with Crippen LogP contribution in [0.25, 0.3) is 0 Å². The number of aromatic nitrogens is 1. The molecule has 0 aliphatic carbocycles. The van der Waals surface area contributed by atoms with Gasteiger partial charge in [-0.2, -0.15) is 5.26 Å². The van der Waals surface area contributed by atoms with Crippen molar-refractivity contribution < 1.29 is 4.74 Å². The van der Waals surface area contributed by atoms with Crippen LogP contribution in [-0.2, 0) is 13.0 Å². The molecule has 0 fully saturated rings. The van der Waals surface area contributed by atoms with Crippen LogP contribution in [0.5, 0.6) is 5.75 Å². The van der Waals surface area contributed by atoms with E-state index >= 15 is 0 Å². The number of hydrogen-bond acceptors (Lipinski definition) is 3. The van der Waals surface area contributed by atoms with Crippen molar-refractivity contribution in [1.29, 1.82) is 5.26 Å². The molecule has 0 saturated heterocycles. The molecule has 0 atom stereocenters. The highest BCUT2D eigenvalue weighted by Gasteiger charge is 1.97. The van der Waals surface area contributed by atoms with Crippen molar-refractivity contribution in [3.8, 4) is 11.8 Å². The number of hydrogen-bond donors (Lipinski definition) is 0. The zero-order valence-corrected chi connectivity index (χ0v) is 9.34. The second-order valence-electron chi connectivity index (χ2n) is 3.59. The normalized spacial score (nSPS) is 9.59. The fraction of sp³-hybridized carbons (Fsp3) is 0.143. The highest BCUT2D eigenvalue weighted by molar-refractivity contribution is 5.22. The fourth-order valence-corrected chi connectivity index (χ4v) is 1.42. The minimum absolute atomic E-state index is 0.332. The van der Waals surface area contributed by atoms with Gasteiger partial charge in [-0.1, -0.05) is 30.3 Å². The molecule has 0 spiro atoms. The zero-order valence-electron chi connectivity index (χ0n) is 9.34. The molecule has 2 aromatic rings. The lowest BCUT2D eigenvalue weighted by molar-refractivity contribution is 0.305. The molecule has 0 bridgehead atoms. The molecule has 2 rings (SSSR count). The van der Waals surface area contributed by atoms with Crippen molar-refractivity contribution in [3.63, 3.8) is 0 Å². The van der Waals surface area contributed by atoms with Crippen LogP contribution in [0.3, 0.4) is 0 Å². The number of benzene rings is 1. The highest BCUT2D eigenvalue weighted by Crippen LogP contribution is 2.11. The Balaban J connectivity index is 1.94. The standard InChI is InChI=1S/C14H12N2O/c15-9-8-13-6-7-14(10-16-13)17-11-12-4-2-1-3-5-12/h1-7,10H,8,11H2. The largest absolute Gasteiger partial charge is 0.487 e. The Morgan fingerprint density at radius 3 is 2.59 bits per heavy atom. The van der Waals surface area contributed by atoms with Gasteiger partial charge in [0.25, 0.3) is 0 Å². The first-order valence-corrected chi connectivity index (χ1v) is 5.37. The SMILES string of the molecule is N#CCc1ccc(OCc2ccccc2)cn1. The van der Waals surface area contributed by atoms with Gasteiger partial charge < -0.3 is 4.74 Å². The Kier molecular flexibility index (Phi) is 3.72. The van der Waals surface area contributed by atoms with Gasteiger partial charge >= 0.3 is 0 Å². The predicted octanol–water partition coefficient (Wildman–Crippen LogP) is 2.73. The van der Waals surface area contributed by atoms with Crippen molar-refractivity contribution in [3.05, 3.63) is 59.9 Å². The summed E-state index contributed by atoms with van der Waals surface area (Å²) in [4.78, 5) is 4.13. The summed E-state index contributed by atoms with van der Waals surface area (Å²) in [7, 11) is 0. The molecule has 17 heavy (non-hydrogen) atoms. The number of nitriles is 1. The minimum atomic E-state index is 0.332. The second kappa shape index (κ2) is 5.66. The molecule has 0 unspecified atom stereocenters. The maximum atomic E-state index is 8.52. The van der Waals surface area contributed by atoms with E-state index in [2.05, 4.69) is 11.1 Å². The van der Waals surface area contributed by atoms with Gasteiger partial charge in [-0.15, -0.1) is 0 Å². The summed E-state index contributed by atoms with van der Waals surface area (Å²) in [5.41, 5.74) is 1.88. The van der Waals surface area contributed by atoms with Crippen LogP contribution in [-0.4, -0.2) is 4.98 Å².